The maximum Gasteiger partial charge on any atom is 0.338 e. The van der Waals surface area contributed by atoms with Gasteiger partial charge >= 0.3 is 5.97 Å². The maximum absolute atomic E-state index is 12.5. The third-order valence-electron chi connectivity index (χ3n) is 4.15. The number of hydrogen-bond donors (Lipinski definition) is 1. The van der Waals surface area contributed by atoms with Gasteiger partial charge in [0.15, 0.2) is 6.10 Å². The lowest BCUT2D eigenvalue weighted by Gasteiger charge is -2.18. The summed E-state index contributed by atoms with van der Waals surface area (Å²) in [7, 11) is 0. The maximum atomic E-state index is 12.5. The number of nitrogens with one attached hydrogen (secondary N) is 1. The van der Waals surface area contributed by atoms with Gasteiger partial charge in [0.05, 0.1) is 12.2 Å². The van der Waals surface area contributed by atoms with Gasteiger partial charge in [-0.05, 0) is 55.7 Å². The number of para-hydroxylation sites is 1. The fraction of sp³-hybridized carbons (Fsp3) is 0.364. The van der Waals surface area contributed by atoms with Crippen LogP contribution < -0.4 is 10.1 Å². The van der Waals surface area contributed by atoms with Crippen LogP contribution >= 0.6 is 0 Å². The summed E-state index contributed by atoms with van der Waals surface area (Å²) >= 11 is 0. The average molecular weight is 369 g/mol. The zero-order chi connectivity index (χ0) is 19.6. The van der Waals surface area contributed by atoms with E-state index in [0.717, 1.165) is 18.4 Å². The van der Waals surface area contributed by atoms with Crippen LogP contribution in [-0.4, -0.2) is 24.6 Å². The first kappa shape index (κ1) is 20.5. The molecule has 0 unspecified atom stereocenters. The van der Waals surface area contributed by atoms with Gasteiger partial charge in [0.2, 0.25) is 0 Å². The normalized spacial score (nSPS) is 11.5. The van der Waals surface area contributed by atoms with Gasteiger partial charge in [0.1, 0.15) is 5.75 Å². The van der Waals surface area contributed by atoms with Crippen LogP contribution in [0, 0.1) is 6.92 Å². The lowest BCUT2D eigenvalue weighted by Crippen LogP contribution is -2.32. The van der Waals surface area contributed by atoms with E-state index in [9.17, 15) is 9.59 Å². The fourth-order valence-corrected chi connectivity index (χ4v) is 2.47. The van der Waals surface area contributed by atoms with Gasteiger partial charge in [-0.2, -0.15) is 0 Å². The number of hydrogen-bond acceptors (Lipinski definition) is 4. The summed E-state index contributed by atoms with van der Waals surface area (Å²) in [6, 6.07) is 14.3. The lowest BCUT2D eigenvalue weighted by molar-refractivity contribution is -0.122. The molecule has 0 aromatic heterocycles. The molecule has 5 heteroatoms. The second-order valence-corrected chi connectivity index (χ2v) is 6.34. The Kier molecular flexibility index (Phi) is 7.86. The van der Waals surface area contributed by atoms with E-state index in [4.69, 9.17) is 9.47 Å². The highest BCUT2D eigenvalue weighted by molar-refractivity contribution is 5.95. The molecule has 1 atom stereocenters. The van der Waals surface area contributed by atoms with Gasteiger partial charge in [0, 0.05) is 5.69 Å². The SMILES string of the molecule is CCCCOC(=O)c1ccc(NC(=O)[C@@H](CC)Oc2ccccc2C)cc1. The number of carbonyl (C=O) groups excluding carboxylic acids is 2. The van der Waals surface area contributed by atoms with E-state index < -0.39 is 6.10 Å². The van der Waals surface area contributed by atoms with Crippen LogP contribution in [0.3, 0.4) is 0 Å². The predicted octanol–water partition coefficient (Wildman–Crippen LogP) is 4.75. The molecule has 0 heterocycles. The van der Waals surface area contributed by atoms with E-state index in [1.165, 1.54) is 0 Å². The third kappa shape index (κ3) is 6.13. The van der Waals surface area contributed by atoms with Gasteiger partial charge in [-0.1, -0.05) is 38.5 Å². The zero-order valence-corrected chi connectivity index (χ0v) is 16.2. The standard InChI is InChI=1S/C22H27NO4/c1-4-6-15-26-22(25)17-11-13-18(14-12-17)23-21(24)19(5-2)27-20-10-8-7-9-16(20)3/h7-14,19H,4-6,15H2,1-3H3,(H,23,24)/t19-/m1/s1. The van der Waals surface area contributed by atoms with Crippen molar-refractivity contribution in [3.8, 4) is 5.75 Å². The molecule has 0 bridgehead atoms. The Morgan fingerprint density at radius 2 is 1.74 bits per heavy atom. The van der Waals surface area contributed by atoms with E-state index in [-0.39, 0.29) is 11.9 Å². The zero-order valence-electron chi connectivity index (χ0n) is 16.2. The van der Waals surface area contributed by atoms with Crippen LogP contribution in [-0.2, 0) is 9.53 Å². The van der Waals surface area contributed by atoms with E-state index in [1.54, 1.807) is 24.3 Å². The fourth-order valence-electron chi connectivity index (χ4n) is 2.47. The molecular weight excluding hydrogens is 342 g/mol. The number of aryl methyl sites for hydroxylation is 1. The van der Waals surface area contributed by atoms with Crippen LogP contribution in [0.25, 0.3) is 0 Å². The summed E-state index contributed by atoms with van der Waals surface area (Å²) < 4.78 is 11.0. The molecule has 5 nitrogen and oxygen atoms in total. The summed E-state index contributed by atoms with van der Waals surface area (Å²) in [6.07, 6.45) is 1.77. The van der Waals surface area contributed by atoms with Crippen LogP contribution in [0.2, 0.25) is 0 Å². The van der Waals surface area contributed by atoms with Crippen molar-refractivity contribution in [2.75, 3.05) is 11.9 Å². The molecule has 0 radical (unpaired) electrons. The molecule has 1 amide bonds. The molecule has 2 rings (SSSR count). The second-order valence-electron chi connectivity index (χ2n) is 6.34. The van der Waals surface area contributed by atoms with Gasteiger partial charge < -0.3 is 14.8 Å². The minimum absolute atomic E-state index is 0.223. The molecule has 144 valence electrons. The van der Waals surface area contributed by atoms with Gasteiger partial charge in [-0.25, -0.2) is 4.79 Å². The molecule has 2 aromatic carbocycles. The Morgan fingerprint density at radius 3 is 2.37 bits per heavy atom. The number of benzene rings is 2. The van der Waals surface area contributed by atoms with Gasteiger partial charge in [-0.3, -0.25) is 4.79 Å². The van der Waals surface area contributed by atoms with Crippen molar-refractivity contribution in [2.24, 2.45) is 0 Å². The highest BCUT2D eigenvalue weighted by Gasteiger charge is 2.19. The minimum Gasteiger partial charge on any atom is -0.480 e. The Balaban J connectivity index is 1.95. The van der Waals surface area contributed by atoms with Crippen LogP contribution in [0.15, 0.2) is 48.5 Å². The largest absolute Gasteiger partial charge is 0.480 e. The molecule has 1 N–H and O–H groups in total. The number of amides is 1. The number of unbranched alkanes of at least 4 members (excludes halogenated alkanes) is 1. The summed E-state index contributed by atoms with van der Waals surface area (Å²) in [5, 5.41) is 2.84. The second kappa shape index (κ2) is 10.4. The molecule has 0 aliphatic heterocycles. The Hall–Kier alpha value is -2.82. The number of anilines is 1. The summed E-state index contributed by atoms with van der Waals surface area (Å²) in [4.78, 5) is 24.4. The smallest absolute Gasteiger partial charge is 0.338 e. The molecule has 0 fully saturated rings. The number of ether oxygens (including phenoxy) is 2. The van der Waals surface area contributed by atoms with E-state index in [1.807, 2.05) is 45.0 Å². The Bertz CT molecular complexity index is 755. The number of carbonyl (C=O) groups is 2. The van der Waals surface area contributed by atoms with Crippen LogP contribution in [0.5, 0.6) is 5.75 Å². The van der Waals surface area contributed by atoms with Gasteiger partial charge in [0.25, 0.3) is 5.91 Å². The lowest BCUT2D eigenvalue weighted by atomic mass is 10.2. The van der Waals surface area contributed by atoms with Crippen molar-refractivity contribution >= 4 is 17.6 Å². The molecule has 0 aliphatic carbocycles. The first-order valence-corrected chi connectivity index (χ1v) is 9.35. The first-order valence-electron chi connectivity index (χ1n) is 9.35. The molecule has 2 aromatic rings. The van der Waals surface area contributed by atoms with Crippen molar-refractivity contribution in [2.45, 2.75) is 46.1 Å². The number of esters is 1. The highest BCUT2D eigenvalue weighted by atomic mass is 16.5. The Morgan fingerprint density at radius 1 is 1.04 bits per heavy atom. The van der Waals surface area contributed by atoms with E-state index >= 15 is 0 Å². The van der Waals surface area contributed by atoms with Crippen LogP contribution in [0.1, 0.15) is 49.0 Å². The molecular formula is C22H27NO4. The van der Waals surface area contributed by atoms with Crippen molar-refractivity contribution in [1.82, 2.24) is 0 Å². The van der Waals surface area contributed by atoms with Crippen LogP contribution in [0.4, 0.5) is 5.69 Å². The summed E-state index contributed by atoms with van der Waals surface area (Å²) in [5.41, 5.74) is 2.05. The molecule has 0 spiro atoms. The average Bonchev–Trinajstić information content (AvgIpc) is 2.68. The molecule has 0 saturated heterocycles. The van der Waals surface area contributed by atoms with Crippen molar-refractivity contribution < 1.29 is 19.1 Å². The molecule has 0 saturated carbocycles. The monoisotopic (exact) mass is 369 g/mol. The van der Waals surface area contributed by atoms with Gasteiger partial charge in [-0.15, -0.1) is 0 Å². The van der Waals surface area contributed by atoms with E-state index in [0.29, 0.717) is 30.0 Å². The third-order valence-corrected chi connectivity index (χ3v) is 4.15. The summed E-state index contributed by atoms with van der Waals surface area (Å²) in [5.74, 6) is 0.124. The topological polar surface area (TPSA) is 64.6 Å². The highest BCUT2D eigenvalue weighted by Crippen LogP contribution is 2.20. The quantitative estimate of drug-likeness (QED) is 0.512. The predicted molar refractivity (Wildman–Crippen MR) is 106 cm³/mol. The van der Waals surface area contributed by atoms with E-state index in [2.05, 4.69) is 5.32 Å². The Labute approximate surface area is 160 Å². The number of rotatable bonds is 9. The minimum atomic E-state index is -0.593. The van der Waals surface area contributed by atoms with Crippen molar-refractivity contribution in [3.05, 3.63) is 59.7 Å². The molecule has 0 aliphatic rings. The van der Waals surface area contributed by atoms with Crippen molar-refractivity contribution in [1.29, 1.82) is 0 Å². The summed E-state index contributed by atoms with van der Waals surface area (Å²) in [6.45, 7) is 6.30. The first-order chi connectivity index (χ1) is 13.0. The molecule has 27 heavy (non-hydrogen) atoms. The van der Waals surface area contributed by atoms with Crippen molar-refractivity contribution in [3.63, 3.8) is 0 Å².